The van der Waals surface area contributed by atoms with Gasteiger partial charge in [-0.25, -0.2) is 0 Å². The van der Waals surface area contributed by atoms with E-state index in [1.54, 1.807) is 0 Å². The van der Waals surface area contributed by atoms with Gasteiger partial charge in [0, 0.05) is 6.04 Å². The fourth-order valence-corrected chi connectivity index (χ4v) is 0.786. The highest BCUT2D eigenvalue weighted by molar-refractivity contribution is 4.53. The van der Waals surface area contributed by atoms with Gasteiger partial charge in [0.15, 0.2) is 0 Å². The lowest BCUT2D eigenvalue weighted by Crippen LogP contribution is -2.26. The van der Waals surface area contributed by atoms with Crippen LogP contribution in [0.2, 0.25) is 0 Å². The quantitative estimate of drug-likeness (QED) is 0.614. The van der Waals surface area contributed by atoms with E-state index in [0.29, 0.717) is 6.04 Å². The highest BCUT2D eigenvalue weighted by Gasteiger charge is 1.92. The molecule has 0 bridgehead atoms. The minimum Gasteiger partial charge on any atom is -0.314 e. The molecular formula is C9H24N2. The van der Waals surface area contributed by atoms with Crippen LogP contribution in [0.5, 0.6) is 0 Å². The number of nitrogens with zero attached hydrogens (tertiary/aromatic N) is 1. The second-order valence-corrected chi connectivity index (χ2v) is 3.27. The minimum absolute atomic E-state index is 0. The molecule has 0 radical (unpaired) electrons. The fourth-order valence-electron chi connectivity index (χ4n) is 0.786. The van der Waals surface area contributed by atoms with Gasteiger partial charge in [-0.1, -0.05) is 21.3 Å². The molecule has 0 rings (SSSR count). The second-order valence-electron chi connectivity index (χ2n) is 3.27. The van der Waals surface area contributed by atoms with Crippen molar-refractivity contribution < 1.29 is 0 Å². The molecular weight excluding hydrogens is 136 g/mol. The van der Waals surface area contributed by atoms with Crippen molar-refractivity contribution in [3.05, 3.63) is 0 Å². The summed E-state index contributed by atoms with van der Waals surface area (Å²) >= 11 is 0. The Kier molecular flexibility index (Phi) is 9.85. The molecule has 0 aliphatic carbocycles. The molecule has 0 saturated carbocycles. The third-order valence-electron chi connectivity index (χ3n) is 1.33. The Labute approximate surface area is 72.0 Å². The van der Waals surface area contributed by atoms with E-state index in [1.165, 1.54) is 13.0 Å². The zero-order valence-electron chi connectivity index (χ0n) is 7.65. The molecule has 1 N–H and O–H groups in total. The van der Waals surface area contributed by atoms with E-state index in [0.717, 1.165) is 6.54 Å². The second kappa shape index (κ2) is 8.02. The van der Waals surface area contributed by atoms with Crippen molar-refractivity contribution in [2.24, 2.45) is 0 Å². The number of nitrogens with one attached hydrogen (secondary N) is 1. The van der Waals surface area contributed by atoms with Crippen molar-refractivity contribution in [1.82, 2.24) is 10.2 Å². The van der Waals surface area contributed by atoms with Crippen molar-refractivity contribution in [2.45, 2.75) is 33.7 Å². The molecule has 0 heterocycles. The molecule has 0 spiro atoms. The van der Waals surface area contributed by atoms with Crippen molar-refractivity contribution in [1.29, 1.82) is 0 Å². The Bertz CT molecular complexity index is 60.0. The summed E-state index contributed by atoms with van der Waals surface area (Å²) in [5.74, 6) is 0. The van der Waals surface area contributed by atoms with E-state index < -0.39 is 0 Å². The third kappa shape index (κ3) is 13.0. The first-order valence-corrected chi connectivity index (χ1v) is 4.01. The molecule has 0 unspecified atom stereocenters. The van der Waals surface area contributed by atoms with E-state index in [2.05, 4.69) is 38.2 Å². The summed E-state index contributed by atoms with van der Waals surface area (Å²) in [7, 11) is 4.21. The topological polar surface area (TPSA) is 15.3 Å². The summed E-state index contributed by atoms with van der Waals surface area (Å²) in [5.41, 5.74) is 0. The van der Waals surface area contributed by atoms with Crippen LogP contribution in [0.4, 0.5) is 0 Å². The van der Waals surface area contributed by atoms with Crippen LogP contribution in [0.3, 0.4) is 0 Å². The highest BCUT2D eigenvalue weighted by Crippen LogP contribution is 1.82. The molecule has 0 amide bonds. The molecule has 0 aliphatic rings. The fraction of sp³-hybridized carbons (Fsp3) is 1.00. The smallest absolute Gasteiger partial charge is 0.00103 e. The van der Waals surface area contributed by atoms with Crippen LogP contribution in [0.15, 0.2) is 0 Å². The predicted molar refractivity (Wildman–Crippen MR) is 53.0 cm³/mol. The van der Waals surface area contributed by atoms with Crippen LogP contribution >= 0.6 is 0 Å². The van der Waals surface area contributed by atoms with E-state index in [1.807, 2.05) is 0 Å². The Morgan fingerprint density at radius 1 is 1.27 bits per heavy atom. The molecule has 0 aromatic heterocycles. The summed E-state index contributed by atoms with van der Waals surface area (Å²) in [6, 6.07) is 0.627. The SMILES string of the molecule is C.CC(C)NCCCN(C)C. The van der Waals surface area contributed by atoms with Crippen LogP contribution in [0.1, 0.15) is 27.7 Å². The van der Waals surface area contributed by atoms with Gasteiger partial charge in [0.2, 0.25) is 0 Å². The largest absolute Gasteiger partial charge is 0.314 e. The van der Waals surface area contributed by atoms with E-state index in [9.17, 15) is 0 Å². The average Bonchev–Trinajstić information content (AvgIpc) is 1.79. The van der Waals surface area contributed by atoms with Crippen LogP contribution < -0.4 is 5.32 Å². The lowest BCUT2D eigenvalue weighted by atomic mass is 10.3. The summed E-state index contributed by atoms with van der Waals surface area (Å²) < 4.78 is 0. The van der Waals surface area contributed by atoms with Crippen LogP contribution in [0, 0.1) is 0 Å². The third-order valence-corrected chi connectivity index (χ3v) is 1.33. The van der Waals surface area contributed by atoms with Gasteiger partial charge in [-0.05, 0) is 33.6 Å². The van der Waals surface area contributed by atoms with Crippen molar-refractivity contribution in [2.75, 3.05) is 27.2 Å². The zero-order chi connectivity index (χ0) is 7.98. The molecule has 0 atom stereocenters. The number of hydrogen-bond acceptors (Lipinski definition) is 2. The molecule has 11 heavy (non-hydrogen) atoms. The van der Waals surface area contributed by atoms with Gasteiger partial charge in [0.1, 0.15) is 0 Å². The summed E-state index contributed by atoms with van der Waals surface area (Å²) in [5, 5.41) is 3.37. The Hall–Kier alpha value is -0.0800. The Morgan fingerprint density at radius 2 is 1.82 bits per heavy atom. The first kappa shape index (κ1) is 13.5. The van der Waals surface area contributed by atoms with Crippen LogP contribution in [-0.4, -0.2) is 38.1 Å². The standard InChI is InChI=1S/C8H20N2.CH4/c1-8(2)9-6-5-7-10(3)4;/h8-9H,5-7H2,1-4H3;1H4. The Morgan fingerprint density at radius 3 is 2.18 bits per heavy atom. The zero-order valence-corrected chi connectivity index (χ0v) is 7.65. The maximum atomic E-state index is 3.37. The van der Waals surface area contributed by atoms with E-state index in [-0.39, 0.29) is 7.43 Å². The summed E-state index contributed by atoms with van der Waals surface area (Å²) in [6.07, 6.45) is 1.24. The normalized spacial score (nSPS) is 10.4. The summed E-state index contributed by atoms with van der Waals surface area (Å²) in [4.78, 5) is 2.21. The maximum absolute atomic E-state index is 3.37. The van der Waals surface area contributed by atoms with E-state index >= 15 is 0 Å². The molecule has 2 heteroatoms. The predicted octanol–water partition coefficient (Wildman–Crippen LogP) is 1.57. The van der Waals surface area contributed by atoms with Gasteiger partial charge in [0.05, 0.1) is 0 Å². The van der Waals surface area contributed by atoms with Gasteiger partial charge in [-0.2, -0.15) is 0 Å². The molecule has 70 valence electrons. The molecule has 0 aliphatic heterocycles. The van der Waals surface area contributed by atoms with Crippen molar-refractivity contribution in [3.63, 3.8) is 0 Å². The average molecular weight is 160 g/mol. The molecule has 0 aromatic rings. The monoisotopic (exact) mass is 160 g/mol. The van der Waals surface area contributed by atoms with E-state index in [4.69, 9.17) is 0 Å². The van der Waals surface area contributed by atoms with Gasteiger partial charge in [-0.15, -0.1) is 0 Å². The lowest BCUT2D eigenvalue weighted by molar-refractivity contribution is 0.390. The lowest BCUT2D eigenvalue weighted by Gasteiger charge is -2.11. The molecule has 2 nitrogen and oxygen atoms in total. The van der Waals surface area contributed by atoms with Crippen molar-refractivity contribution in [3.8, 4) is 0 Å². The van der Waals surface area contributed by atoms with Gasteiger partial charge >= 0.3 is 0 Å². The number of rotatable bonds is 5. The molecule has 0 aromatic carbocycles. The van der Waals surface area contributed by atoms with Crippen LogP contribution in [0.25, 0.3) is 0 Å². The van der Waals surface area contributed by atoms with Gasteiger partial charge in [0.25, 0.3) is 0 Å². The number of hydrogen-bond donors (Lipinski definition) is 1. The minimum atomic E-state index is 0. The van der Waals surface area contributed by atoms with Crippen molar-refractivity contribution >= 4 is 0 Å². The first-order chi connectivity index (χ1) is 4.63. The van der Waals surface area contributed by atoms with Crippen LogP contribution in [-0.2, 0) is 0 Å². The highest BCUT2D eigenvalue weighted by atomic mass is 15.1. The summed E-state index contributed by atoms with van der Waals surface area (Å²) in [6.45, 7) is 6.67. The van der Waals surface area contributed by atoms with Gasteiger partial charge < -0.3 is 10.2 Å². The first-order valence-electron chi connectivity index (χ1n) is 4.01. The molecule has 0 saturated heterocycles. The maximum Gasteiger partial charge on any atom is 0.00103 e. The molecule has 0 fully saturated rings. The van der Waals surface area contributed by atoms with Gasteiger partial charge in [-0.3, -0.25) is 0 Å². The Balaban J connectivity index is 0.